The number of rotatable bonds is 6. The van der Waals surface area contributed by atoms with Crippen molar-refractivity contribution < 1.29 is 36.8 Å². The van der Waals surface area contributed by atoms with Gasteiger partial charge in [0.2, 0.25) is 5.76 Å². The summed E-state index contributed by atoms with van der Waals surface area (Å²) in [6.45, 7) is -2.43. The van der Waals surface area contributed by atoms with Crippen molar-refractivity contribution in [3.05, 3.63) is 52.3 Å². The highest BCUT2D eigenvalue weighted by Gasteiger charge is 2.28. The first-order chi connectivity index (χ1) is 12.2. The van der Waals surface area contributed by atoms with E-state index in [9.17, 15) is 32.9 Å². The molecule has 1 N–H and O–H groups in total. The molecule has 0 radical (unpaired) electrons. The van der Waals surface area contributed by atoms with E-state index < -0.39 is 36.1 Å². The van der Waals surface area contributed by atoms with Crippen LogP contribution in [0.2, 0.25) is 0 Å². The van der Waals surface area contributed by atoms with Crippen LogP contribution >= 0.6 is 0 Å². The second kappa shape index (κ2) is 7.68. The van der Waals surface area contributed by atoms with Gasteiger partial charge in [0.1, 0.15) is 12.3 Å². The van der Waals surface area contributed by atoms with Crippen LogP contribution in [0.4, 0.5) is 18.9 Å². The molecule has 0 spiro atoms. The third-order valence-corrected chi connectivity index (χ3v) is 2.99. The van der Waals surface area contributed by atoms with Crippen molar-refractivity contribution in [3.63, 3.8) is 0 Å². The fourth-order valence-electron chi connectivity index (χ4n) is 1.80. The molecule has 0 aliphatic rings. The molecule has 11 heteroatoms. The second-order valence-electron chi connectivity index (χ2n) is 4.94. The van der Waals surface area contributed by atoms with Gasteiger partial charge in [-0.15, -0.1) is 0 Å². The van der Waals surface area contributed by atoms with Crippen LogP contribution in [0.25, 0.3) is 11.3 Å². The normalized spacial score (nSPS) is 11.0. The van der Waals surface area contributed by atoms with Crippen molar-refractivity contribution in [2.45, 2.75) is 6.18 Å². The number of nitrogens with one attached hydrogen (secondary N) is 1. The molecule has 0 saturated carbocycles. The minimum absolute atomic E-state index is 0.121. The SMILES string of the molecule is O=C(COC(=O)c1ccc(-c2ccc([N+](=O)[O-])cc2)o1)NCC(F)(F)F. The standard InChI is InChI=1S/C15H11F3N2O6/c16-15(17,18)8-19-13(21)7-25-14(22)12-6-5-11(26-12)9-1-3-10(4-2-9)20(23)24/h1-6H,7-8H2,(H,19,21). The molecule has 0 saturated heterocycles. The number of non-ortho nitro benzene ring substituents is 1. The Balaban J connectivity index is 1.93. The van der Waals surface area contributed by atoms with Gasteiger partial charge in [-0.25, -0.2) is 4.79 Å². The Hall–Kier alpha value is -3.37. The average Bonchev–Trinajstić information content (AvgIpc) is 3.07. The lowest BCUT2D eigenvalue weighted by Gasteiger charge is -2.08. The van der Waals surface area contributed by atoms with Crippen LogP contribution in [0.5, 0.6) is 0 Å². The number of furan rings is 1. The number of halogens is 3. The lowest BCUT2D eigenvalue weighted by molar-refractivity contribution is -0.384. The first kappa shape index (κ1) is 19.0. The number of ether oxygens (including phenoxy) is 1. The molecular weight excluding hydrogens is 361 g/mol. The molecule has 2 aromatic rings. The maximum absolute atomic E-state index is 11.9. The number of hydrogen-bond acceptors (Lipinski definition) is 6. The Labute approximate surface area is 143 Å². The van der Waals surface area contributed by atoms with Crippen molar-refractivity contribution >= 4 is 17.6 Å². The number of esters is 1. The van der Waals surface area contributed by atoms with E-state index in [1.165, 1.54) is 36.4 Å². The largest absolute Gasteiger partial charge is 0.450 e. The van der Waals surface area contributed by atoms with E-state index >= 15 is 0 Å². The van der Waals surface area contributed by atoms with Gasteiger partial charge in [0.25, 0.3) is 11.6 Å². The first-order valence-corrected chi connectivity index (χ1v) is 7.01. The van der Waals surface area contributed by atoms with E-state index in [4.69, 9.17) is 4.42 Å². The zero-order valence-electron chi connectivity index (χ0n) is 12.9. The van der Waals surface area contributed by atoms with Crippen LogP contribution in [0, 0.1) is 10.1 Å². The molecule has 1 aromatic heterocycles. The zero-order valence-corrected chi connectivity index (χ0v) is 12.9. The molecule has 2 rings (SSSR count). The summed E-state index contributed by atoms with van der Waals surface area (Å²) in [5.41, 5.74) is 0.336. The van der Waals surface area contributed by atoms with Crippen molar-refractivity contribution in [3.8, 4) is 11.3 Å². The van der Waals surface area contributed by atoms with Gasteiger partial charge in [-0.2, -0.15) is 13.2 Å². The van der Waals surface area contributed by atoms with E-state index in [1.54, 1.807) is 5.32 Å². The lowest BCUT2D eigenvalue weighted by atomic mass is 10.1. The predicted molar refractivity (Wildman–Crippen MR) is 80.1 cm³/mol. The van der Waals surface area contributed by atoms with E-state index in [0.29, 0.717) is 5.56 Å². The van der Waals surface area contributed by atoms with E-state index in [0.717, 1.165) is 0 Å². The van der Waals surface area contributed by atoms with E-state index in [-0.39, 0.29) is 17.2 Å². The second-order valence-corrected chi connectivity index (χ2v) is 4.94. The number of carbonyl (C=O) groups excluding carboxylic acids is 2. The summed E-state index contributed by atoms with van der Waals surface area (Å²) < 4.78 is 45.6. The van der Waals surface area contributed by atoms with Gasteiger partial charge in [0, 0.05) is 17.7 Å². The van der Waals surface area contributed by atoms with Crippen LogP contribution in [-0.4, -0.2) is 36.1 Å². The summed E-state index contributed by atoms with van der Waals surface area (Å²) in [7, 11) is 0. The van der Waals surface area contributed by atoms with Crippen LogP contribution < -0.4 is 5.32 Å². The van der Waals surface area contributed by atoms with Crippen molar-refractivity contribution in [2.75, 3.05) is 13.2 Å². The van der Waals surface area contributed by atoms with Gasteiger partial charge in [-0.05, 0) is 24.3 Å². The molecule has 26 heavy (non-hydrogen) atoms. The van der Waals surface area contributed by atoms with Crippen LogP contribution in [0.1, 0.15) is 10.6 Å². The smallest absolute Gasteiger partial charge is 0.405 e. The minimum atomic E-state index is -4.57. The maximum atomic E-state index is 11.9. The van der Waals surface area contributed by atoms with Crippen molar-refractivity contribution in [2.24, 2.45) is 0 Å². The van der Waals surface area contributed by atoms with E-state index in [2.05, 4.69) is 4.74 Å². The van der Waals surface area contributed by atoms with Crippen LogP contribution in [0.15, 0.2) is 40.8 Å². The topological polar surface area (TPSA) is 112 Å². The first-order valence-electron chi connectivity index (χ1n) is 7.01. The number of nitro benzene ring substituents is 1. The summed E-state index contributed by atoms with van der Waals surface area (Å²) in [4.78, 5) is 32.9. The summed E-state index contributed by atoms with van der Waals surface area (Å²) in [6, 6.07) is 7.98. The fraction of sp³-hybridized carbons (Fsp3) is 0.200. The molecular formula is C15H11F3N2O6. The highest BCUT2D eigenvalue weighted by atomic mass is 19.4. The van der Waals surface area contributed by atoms with Gasteiger partial charge < -0.3 is 14.5 Å². The highest BCUT2D eigenvalue weighted by Crippen LogP contribution is 2.24. The van der Waals surface area contributed by atoms with Crippen molar-refractivity contribution in [1.29, 1.82) is 0 Å². The molecule has 0 fully saturated rings. The minimum Gasteiger partial charge on any atom is -0.450 e. The zero-order chi connectivity index (χ0) is 19.3. The predicted octanol–water partition coefficient (Wildman–Crippen LogP) is 2.69. The number of carbonyl (C=O) groups is 2. The third-order valence-electron chi connectivity index (χ3n) is 2.99. The molecule has 1 heterocycles. The van der Waals surface area contributed by atoms with Gasteiger partial charge in [-0.1, -0.05) is 0 Å². The van der Waals surface area contributed by atoms with Gasteiger partial charge in [0.15, 0.2) is 6.61 Å². The molecule has 0 unspecified atom stereocenters. The van der Waals surface area contributed by atoms with Gasteiger partial charge >= 0.3 is 12.1 Å². The highest BCUT2D eigenvalue weighted by molar-refractivity contribution is 5.89. The van der Waals surface area contributed by atoms with Gasteiger partial charge in [0.05, 0.1) is 4.92 Å². The molecule has 0 atom stereocenters. The van der Waals surface area contributed by atoms with E-state index in [1.807, 2.05) is 0 Å². The third kappa shape index (κ3) is 5.33. The number of alkyl halides is 3. The number of amides is 1. The Morgan fingerprint density at radius 3 is 2.38 bits per heavy atom. The van der Waals surface area contributed by atoms with Crippen molar-refractivity contribution in [1.82, 2.24) is 5.32 Å². The molecule has 0 aliphatic heterocycles. The molecule has 0 bridgehead atoms. The molecule has 0 aliphatic carbocycles. The molecule has 1 aromatic carbocycles. The summed E-state index contributed by atoms with van der Waals surface area (Å²) >= 11 is 0. The van der Waals surface area contributed by atoms with Crippen LogP contribution in [0.3, 0.4) is 0 Å². The lowest BCUT2D eigenvalue weighted by Crippen LogP contribution is -2.36. The molecule has 8 nitrogen and oxygen atoms in total. The monoisotopic (exact) mass is 372 g/mol. The Morgan fingerprint density at radius 1 is 1.15 bits per heavy atom. The Kier molecular flexibility index (Phi) is 5.60. The quantitative estimate of drug-likeness (QED) is 0.474. The number of nitro groups is 1. The Bertz CT molecular complexity index is 814. The Morgan fingerprint density at radius 2 is 1.81 bits per heavy atom. The molecule has 138 valence electrons. The van der Waals surface area contributed by atoms with Crippen LogP contribution in [-0.2, 0) is 9.53 Å². The maximum Gasteiger partial charge on any atom is 0.405 e. The number of hydrogen-bond donors (Lipinski definition) is 1. The number of benzene rings is 1. The summed E-state index contributed by atoms with van der Waals surface area (Å²) in [6.07, 6.45) is -4.57. The van der Waals surface area contributed by atoms with Gasteiger partial charge in [-0.3, -0.25) is 14.9 Å². The molecule has 1 amide bonds. The average molecular weight is 372 g/mol. The summed E-state index contributed by atoms with van der Waals surface area (Å²) in [5.74, 6) is -2.21. The number of nitrogens with zero attached hydrogens (tertiary/aromatic N) is 1. The fourth-order valence-corrected chi connectivity index (χ4v) is 1.80. The summed E-state index contributed by atoms with van der Waals surface area (Å²) in [5, 5.41) is 12.1.